The molecule has 0 spiro atoms. The van der Waals surface area contributed by atoms with E-state index in [0.29, 0.717) is 6.54 Å². The zero-order valence-electron chi connectivity index (χ0n) is 15.2. The highest BCUT2D eigenvalue weighted by Crippen LogP contribution is 2.45. The minimum Gasteiger partial charge on any atom is -0.508 e. The first-order valence-corrected chi connectivity index (χ1v) is 10.4. The van der Waals surface area contributed by atoms with Gasteiger partial charge < -0.3 is 10.2 Å². The van der Waals surface area contributed by atoms with E-state index < -0.39 is 6.10 Å². The van der Waals surface area contributed by atoms with Crippen LogP contribution in [0, 0.1) is 18.8 Å². The molecule has 1 aliphatic heterocycles. The van der Waals surface area contributed by atoms with E-state index in [9.17, 15) is 10.2 Å². The second-order valence-corrected chi connectivity index (χ2v) is 9.24. The van der Waals surface area contributed by atoms with Crippen LogP contribution in [0.3, 0.4) is 0 Å². The standard InChI is InChI=1S/C22H27NO2S/c1-15-2-8-20(9-3-15)26-21-10-17-12-23(13-18(17)11-21)14-22(25)16-4-6-19(24)7-5-16/h2-9,17-18,21-22,24-25H,10-14H2,1H3/t17-,18+,21?,22?. The van der Waals surface area contributed by atoms with E-state index in [1.165, 1.54) is 23.3 Å². The van der Waals surface area contributed by atoms with Crippen LogP contribution in [0.15, 0.2) is 53.4 Å². The number of aromatic hydroxyl groups is 1. The zero-order chi connectivity index (χ0) is 18.1. The predicted octanol–water partition coefficient (Wildman–Crippen LogP) is 4.24. The molecule has 3 nitrogen and oxygen atoms in total. The predicted molar refractivity (Wildman–Crippen MR) is 107 cm³/mol. The number of benzene rings is 2. The summed E-state index contributed by atoms with van der Waals surface area (Å²) in [5.74, 6) is 1.78. The van der Waals surface area contributed by atoms with E-state index in [-0.39, 0.29) is 5.75 Å². The van der Waals surface area contributed by atoms with Gasteiger partial charge in [-0.05, 0) is 61.4 Å². The number of phenolic OH excluding ortho intramolecular Hbond substituents is 1. The number of rotatable bonds is 5. The first-order chi connectivity index (χ1) is 12.6. The number of aliphatic hydroxyl groups excluding tert-OH is 1. The van der Waals surface area contributed by atoms with Gasteiger partial charge in [0, 0.05) is 29.8 Å². The van der Waals surface area contributed by atoms with Crippen molar-refractivity contribution in [1.82, 2.24) is 4.90 Å². The molecule has 4 rings (SSSR count). The van der Waals surface area contributed by atoms with Gasteiger partial charge in [-0.3, -0.25) is 4.90 Å². The van der Waals surface area contributed by atoms with Crippen LogP contribution in [-0.4, -0.2) is 40.0 Å². The number of nitrogens with zero attached hydrogens (tertiary/aromatic N) is 1. The van der Waals surface area contributed by atoms with E-state index in [1.54, 1.807) is 12.1 Å². The van der Waals surface area contributed by atoms with E-state index in [2.05, 4.69) is 36.1 Å². The zero-order valence-corrected chi connectivity index (χ0v) is 16.0. The molecular weight excluding hydrogens is 342 g/mol. The molecule has 0 bridgehead atoms. The third kappa shape index (κ3) is 4.08. The van der Waals surface area contributed by atoms with Gasteiger partial charge in [-0.25, -0.2) is 0 Å². The highest BCUT2D eigenvalue weighted by Gasteiger charge is 2.41. The van der Waals surface area contributed by atoms with E-state index in [0.717, 1.165) is 35.7 Å². The Morgan fingerprint density at radius 2 is 1.62 bits per heavy atom. The maximum Gasteiger partial charge on any atom is 0.115 e. The Labute approximate surface area is 160 Å². The summed E-state index contributed by atoms with van der Waals surface area (Å²) < 4.78 is 0. The van der Waals surface area contributed by atoms with Gasteiger partial charge in [0.2, 0.25) is 0 Å². The van der Waals surface area contributed by atoms with Crippen molar-refractivity contribution in [3.05, 3.63) is 59.7 Å². The van der Waals surface area contributed by atoms with Gasteiger partial charge in [-0.15, -0.1) is 11.8 Å². The van der Waals surface area contributed by atoms with Crippen LogP contribution in [0.4, 0.5) is 0 Å². The second kappa shape index (κ2) is 7.63. The number of β-amino-alcohol motifs (C(OH)–C–C–N with tert-alkyl or cyclic N) is 1. The number of hydrogen-bond acceptors (Lipinski definition) is 4. The molecule has 0 amide bonds. The van der Waals surface area contributed by atoms with Gasteiger partial charge in [0.05, 0.1) is 6.10 Å². The Hall–Kier alpha value is -1.49. The number of hydrogen-bond donors (Lipinski definition) is 2. The van der Waals surface area contributed by atoms with Crippen molar-refractivity contribution in [1.29, 1.82) is 0 Å². The fourth-order valence-corrected chi connectivity index (χ4v) is 5.81. The molecule has 0 radical (unpaired) electrons. The monoisotopic (exact) mass is 369 g/mol. The van der Waals surface area contributed by atoms with Crippen molar-refractivity contribution < 1.29 is 10.2 Å². The molecule has 26 heavy (non-hydrogen) atoms. The molecule has 1 saturated heterocycles. The number of aryl methyl sites for hydroxylation is 1. The van der Waals surface area contributed by atoms with Gasteiger partial charge in [0.1, 0.15) is 5.75 Å². The number of phenols is 1. The summed E-state index contributed by atoms with van der Waals surface area (Å²) in [7, 11) is 0. The van der Waals surface area contributed by atoms with Crippen LogP contribution in [0.2, 0.25) is 0 Å². The normalized spacial score (nSPS) is 26.8. The molecule has 1 saturated carbocycles. The van der Waals surface area contributed by atoms with Crippen molar-refractivity contribution in [3.8, 4) is 5.75 Å². The molecule has 0 aromatic heterocycles. The third-order valence-corrected chi connectivity index (χ3v) is 7.08. The SMILES string of the molecule is Cc1ccc(SC2C[C@@H]3CN(CC(O)c4ccc(O)cc4)C[C@@H]3C2)cc1. The summed E-state index contributed by atoms with van der Waals surface area (Å²) in [4.78, 5) is 3.81. The van der Waals surface area contributed by atoms with Gasteiger partial charge in [-0.1, -0.05) is 29.8 Å². The molecule has 4 atom stereocenters. The first-order valence-electron chi connectivity index (χ1n) is 9.49. The Morgan fingerprint density at radius 3 is 2.23 bits per heavy atom. The largest absolute Gasteiger partial charge is 0.508 e. The average molecular weight is 370 g/mol. The van der Waals surface area contributed by atoms with Crippen molar-refractivity contribution in [2.24, 2.45) is 11.8 Å². The van der Waals surface area contributed by atoms with Crippen LogP contribution in [0.5, 0.6) is 5.75 Å². The van der Waals surface area contributed by atoms with Crippen molar-refractivity contribution >= 4 is 11.8 Å². The third-order valence-electron chi connectivity index (χ3n) is 5.82. The smallest absolute Gasteiger partial charge is 0.115 e. The van der Waals surface area contributed by atoms with Gasteiger partial charge in [0.25, 0.3) is 0 Å². The maximum atomic E-state index is 10.5. The minimum absolute atomic E-state index is 0.244. The summed E-state index contributed by atoms with van der Waals surface area (Å²) in [5.41, 5.74) is 2.20. The maximum absolute atomic E-state index is 10.5. The first kappa shape index (κ1) is 17.9. The van der Waals surface area contributed by atoms with Crippen LogP contribution in [0.25, 0.3) is 0 Å². The van der Waals surface area contributed by atoms with E-state index >= 15 is 0 Å². The highest BCUT2D eigenvalue weighted by atomic mass is 32.2. The molecule has 138 valence electrons. The lowest BCUT2D eigenvalue weighted by Crippen LogP contribution is -2.28. The van der Waals surface area contributed by atoms with Crippen molar-refractivity contribution in [2.45, 2.75) is 36.0 Å². The van der Waals surface area contributed by atoms with Crippen LogP contribution < -0.4 is 0 Å². The number of likely N-dealkylation sites (tertiary alicyclic amines) is 1. The Balaban J connectivity index is 1.28. The summed E-state index contributed by atoms with van der Waals surface area (Å²) in [6.45, 7) is 5.03. The number of fused-ring (bicyclic) bond motifs is 1. The van der Waals surface area contributed by atoms with Crippen molar-refractivity contribution in [2.75, 3.05) is 19.6 Å². The lowest BCUT2D eigenvalue weighted by atomic mass is 10.0. The van der Waals surface area contributed by atoms with Crippen LogP contribution in [0.1, 0.15) is 30.1 Å². The Kier molecular flexibility index (Phi) is 5.25. The van der Waals surface area contributed by atoms with E-state index in [4.69, 9.17) is 0 Å². The Bertz CT molecular complexity index is 717. The van der Waals surface area contributed by atoms with E-state index in [1.807, 2.05) is 23.9 Å². The lowest BCUT2D eigenvalue weighted by Gasteiger charge is -2.22. The molecule has 2 aromatic rings. The lowest BCUT2D eigenvalue weighted by molar-refractivity contribution is 0.122. The molecule has 4 heteroatoms. The molecular formula is C22H27NO2S. The Morgan fingerprint density at radius 1 is 1.00 bits per heavy atom. The van der Waals surface area contributed by atoms with Crippen LogP contribution >= 0.6 is 11.8 Å². The molecule has 2 fully saturated rings. The summed E-state index contributed by atoms with van der Waals surface area (Å²) in [5, 5.41) is 20.6. The van der Waals surface area contributed by atoms with Gasteiger partial charge in [0.15, 0.2) is 0 Å². The summed E-state index contributed by atoms with van der Waals surface area (Å²) in [6.07, 6.45) is 2.09. The topological polar surface area (TPSA) is 43.7 Å². The fraction of sp³-hybridized carbons (Fsp3) is 0.455. The fourth-order valence-electron chi connectivity index (χ4n) is 4.44. The molecule has 1 aliphatic carbocycles. The number of thioether (sulfide) groups is 1. The average Bonchev–Trinajstić information content (AvgIpc) is 3.15. The van der Waals surface area contributed by atoms with Crippen molar-refractivity contribution in [3.63, 3.8) is 0 Å². The highest BCUT2D eigenvalue weighted by molar-refractivity contribution is 8.00. The van der Waals surface area contributed by atoms with Crippen LogP contribution in [-0.2, 0) is 0 Å². The molecule has 1 heterocycles. The molecule has 2 aromatic carbocycles. The van der Waals surface area contributed by atoms with Gasteiger partial charge in [-0.2, -0.15) is 0 Å². The quantitative estimate of drug-likeness (QED) is 0.827. The number of aliphatic hydroxyl groups is 1. The molecule has 2 aliphatic rings. The summed E-state index contributed by atoms with van der Waals surface area (Å²) >= 11 is 2.04. The molecule has 2 unspecified atom stereocenters. The minimum atomic E-state index is -0.479. The summed E-state index contributed by atoms with van der Waals surface area (Å²) in [6, 6.07) is 15.8. The van der Waals surface area contributed by atoms with Gasteiger partial charge >= 0.3 is 0 Å². The molecule has 2 N–H and O–H groups in total. The second-order valence-electron chi connectivity index (χ2n) is 7.87.